The molecule has 0 radical (unpaired) electrons. The molecule has 0 aliphatic heterocycles. The van der Waals surface area contributed by atoms with E-state index < -0.39 is 28.5 Å². The molecule has 2 amide bonds. The van der Waals surface area contributed by atoms with Crippen LogP contribution in [0.3, 0.4) is 0 Å². The van der Waals surface area contributed by atoms with Crippen LogP contribution >= 0.6 is 0 Å². The molecule has 0 saturated heterocycles. The van der Waals surface area contributed by atoms with Gasteiger partial charge in [-0.2, -0.15) is 0 Å². The first-order valence-electron chi connectivity index (χ1n) is 7.69. The third-order valence-corrected chi connectivity index (χ3v) is 5.68. The molecule has 2 aliphatic rings. The van der Waals surface area contributed by atoms with E-state index in [2.05, 4.69) is 10.9 Å². The number of Topliss-reactive ketones (excluding diaryl/α,β-unsaturated/α-hetero) is 1. The number of hydrogen-bond donors (Lipinski definition) is 2. The van der Waals surface area contributed by atoms with E-state index in [-0.39, 0.29) is 17.3 Å². The average molecular weight is 318 g/mol. The number of halogens is 1. The summed E-state index contributed by atoms with van der Waals surface area (Å²) in [5, 5.41) is 0. The molecule has 23 heavy (non-hydrogen) atoms. The van der Waals surface area contributed by atoms with Crippen molar-refractivity contribution < 1.29 is 18.8 Å². The standard InChI is InChI=1S/C17H19FN2O3/c1-16(2)11-7-8-17(16,13(21)9-11)15(23)20-19-14(22)10-3-5-12(18)6-4-10/h3-6,11H,7-9H2,1-2H3,(H,19,22)(H,20,23). The van der Waals surface area contributed by atoms with Crippen LogP contribution in [0.25, 0.3) is 0 Å². The first kappa shape index (κ1) is 15.6. The van der Waals surface area contributed by atoms with E-state index in [1.54, 1.807) is 0 Å². The quantitative estimate of drug-likeness (QED) is 0.647. The van der Waals surface area contributed by atoms with Crippen molar-refractivity contribution in [2.45, 2.75) is 33.1 Å². The van der Waals surface area contributed by atoms with Gasteiger partial charge in [0, 0.05) is 12.0 Å². The molecule has 0 heterocycles. The second-order valence-corrected chi connectivity index (χ2v) is 6.91. The lowest BCUT2D eigenvalue weighted by molar-refractivity contribution is -0.145. The van der Waals surface area contributed by atoms with Gasteiger partial charge >= 0.3 is 0 Å². The molecule has 0 aromatic heterocycles. The molecule has 0 spiro atoms. The first-order chi connectivity index (χ1) is 10.8. The van der Waals surface area contributed by atoms with Crippen LogP contribution in [-0.2, 0) is 9.59 Å². The van der Waals surface area contributed by atoms with Crippen molar-refractivity contribution in [3.63, 3.8) is 0 Å². The number of nitrogens with one attached hydrogen (secondary N) is 2. The van der Waals surface area contributed by atoms with Gasteiger partial charge in [-0.25, -0.2) is 4.39 Å². The van der Waals surface area contributed by atoms with E-state index in [0.29, 0.717) is 12.8 Å². The smallest absolute Gasteiger partial charge is 0.269 e. The van der Waals surface area contributed by atoms with E-state index >= 15 is 0 Å². The molecule has 1 aromatic rings. The van der Waals surface area contributed by atoms with E-state index in [4.69, 9.17) is 0 Å². The summed E-state index contributed by atoms with van der Waals surface area (Å²) < 4.78 is 12.9. The van der Waals surface area contributed by atoms with Gasteiger partial charge < -0.3 is 0 Å². The topological polar surface area (TPSA) is 75.3 Å². The zero-order valence-electron chi connectivity index (χ0n) is 13.1. The maximum atomic E-state index is 12.9. The van der Waals surface area contributed by atoms with Gasteiger partial charge in [-0.1, -0.05) is 13.8 Å². The van der Waals surface area contributed by atoms with Gasteiger partial charge in [0.2, 0.25) is 0 Å². The summed E-state index contributed by atoms with van der Waals surface area (Å²) in [4.78, 5) is 37.0. The van der Waals surface area contributed by atoms with Crippen LogP contribution in [0.1, 0.15) is 43.5 Å². The van der Waals surface area contributed by atoms with Crippen LogP contribution in [0.15, 0.2) is 24.3 Å². The molecule has 2 N–H and O–H groups in total. The molecular weight excluding hydrogens is 299 g/mol. The van der Waals surface area contributed by atoms with Crippen LogP contribution in [0, 0.1) is 22.6 Å². The monoisotopic (exact) mass is 318 g/mol. The summed E-state index contributed by atoms with van der Waals surface area (Å²) in [6, 6.07) is 4.98. The highest BCUT2D eigenvalue weighted by Crippen LogP contribution is 2.63. The summed E-state index contributed by atoms with van der Waals surface area (Å²) >= 11 is 0. The van der Waals surface area contributed by atoms with Crippen molar-refractivity contribution in [3.8, 4) is 0 Å². The minimum atomic E-state index is -1.06. The van der Waals surface area contributed by atoms with Crippen LogP contribution < -0.4 is 10.9 Å². The molecular formula is C17H19FN2O3. The maximum absolute atomic E-state index is 12.9. The summed E-state index contributed by atoms with van der Waals surface area (Å²) in [5.41, 5.74) is 3.46. The van der Waals surface area contributed by atoms with Crippen LogP contribution in [0.4, 0.5) is 4.39 Å². The molecule has 122 valence electrons. The number of benzene rings is 1. The highest BCUT2D eigenvalue weighted by Gasteiger charge is 2.68. The first-order valence-corrected chi connectivity index (χ1v) is 7.69. The maximum Gasteiger partial charge on any atom is 0.269 e. The predicted molar refractivity (Wildman–Crippen MR) is 80.6 cm³/mol. The van der Waals surface area contributed by atoms with Crippen LogP contribution in [0.2, 0.25) is 0 Å². The Kier molecular flexibility index (Phi) is 3.50. The predicted octanol–water partition coefficient (Wildman–Crippen LogP) is 1.98. The molecule has 2 atom stereocenters. The molecule has 2 bridgehead atoms. The molecule has 2 aliphatic carbocycles. The number of carbonyl (C=O) groups is 3. The Morgan fingerprint density at radius 3 is 2.35 bits per heavy atom. The lowest BCUT2D eigenvalue weighted by atomic mass is 9.68. The third kappa shape index (κ3) is 2.16. The zero-order chi connectivity index (χ0) is 16.8. The van der Waals surface area contributed by atoms with Crippen LogP contribution in [-0.4, -0.2) is 17.6 Å². The number of hydrazine groups is 1. The Morgan fingerprint density at radius 2 is 1.83 bits per heavy atom. The Labute approximate surface area is 133 Å². The lowest BCUT2D eigenvalue weighted by Gasteiger charge is -2.34. The minimum absolute atomic E-state index is 0.0488. The minimum Gasteiger partial charge on any atom is -0.298 e. The van der Waals surface area contributed by atoms with Crippen molar-refractivity contribution in [1.29, 1.82) is 0 Å². The lowest BCUT2D eigenvalue weighted by Crippen LogP contribution is -2.54. The van der Waals surface area contributed by atoms with Gasteiger partial charge in [-0.3, -0.25) is 25.2 Å². The van der Waals surface area contributed by atoms with Gasteiger partial charge in [0.1, 0.15) is 17.0 Å². The van der Waals surface area contributed by atoms with Gasteiger partial charge in [-0.05, 0) is 48.4 Å². The van der Waals surface area contributed by atoms with Crippen molar-refractivity contribution in [3.05, 3.63) is 35.6 Å². The van der Waals surface area contributed by atoms with Crippen molar-refractivity contribution in [2.75, 3.05) is 0 Å². The number of carbonyl (C=O) groups excluding carboxylic acids is 3. The van der Waals surface area contributed by atoms with E-state index in [1.807, 2.05) is 13.8 Å². The molecule has 2 saturated carbocycles. The van der Waals surface area contributed by atoms with E-state index in [0.717, 1.165) is 6.42 Å². The Hall–Kier alpha value is -2.24. The summed E-state index contributed by atoms with van der Waals surface area (Å²) in [6.45, 7) is 3.88. The normalized spacial score (nSPS) is 27.8. The van der Waals surface area contributed by atoms with Crippen molar-refractivity contribution in [1.82, 2.24) is 10.9 Å². The van der Waals surface area contributed by atoms with E-state index in [9.17, 15) is 18.8 Å². The fraction of sp³-hybridized carbons (Fsp3) is 0.471. The Bertz CT molecular complexity index is 684. The summed E-state index contributed by atoms with van der Waals surface area (Å²) in [7, 11) is 0. The Balaban J connectivity index is 1.71. The number of rotatable bonds is 2. The van der Waals surface area contributed by atoms with Crippen molar-refractivity contribution >= 4 is 17.6 Å². The number of amides is 2. The third-order valence-electron chi connectivity index (χ3n) is 5.68. The number of fused-ring (bicyclic) bond motifs is 2. The molecule has 5 nitrogen and oxygen atoms in total. The number of ketones is 1. The van der Waals surface area contributed by atoms with Gasteiger partial charge in [0.05, 0.1) is 0 Å². The molecule has 2 unspecified atom stereocenters. The van der Waals surface area contributed by atoms with Gasteiger partial charge in [0.15, 0.2) is 0 Å². The van der Waals surface area contributed by atoms with E-state index in [1.165, 1.54) is 24.3 Å². The summed E-state index contributed by atoms with van der Waals surface area (Å²) in [6.07, 6.45) is 1.78. The zero-order valence-corrected chi connectivity index (χ0v) is 13.1. The molecule has 3 rings (SSSR count). The summed E-state index contributed by atoms with van der Waals surface area (Å²) in [5.74, 6) is -1.28. The highest BCUT2D eigenvalue weighted by molar-refractivity contribution is 6.10. The van der Waals surface area contributed by atoms with Crippen molar-refractivity contribution in [2.24, 2.45) is 16.7 Å². The van der Waals surface area contributed by atoms with Gasteiger partial charge in [-0.15, -0.1) is 0 Å². The highest BCUT2D eigenvalue weighted by atomic mass is 19.1. The van der Waals surface area contributed by atoms with Gasteiger partial charge in [0.25, 0.3) is 11.8 Å². The SMILES string of the molecule is CC1(C)C2CCC1(C(=O)NNC(=O)c1ccc(F)cc1)C(=O)C2. The Morgan fingerprint density at radius 1 is 1.17 bits per heavy atom. The molecule has 6 heteroatoms. The largest absolute Gasteiger partial charge is 0.298 e. The second kappa shape index (κ2) is 5.15. The fourth-order valence-corrected chi connectivity index (χ4v) is 4.10. The average Bonchev–Trinajstić information content (AvgIpc) is 2.88. The van der Waals surface area contributed by atoms with Crippen LogP contribution in [0.5, 0.6) is 0 Å². The second-order valence-electron chi connectivity index (χ2n) is 6.91. The fourth-order valence-electron chi connectivity index (χ4n) is 4.10. The number of hydrogen-bond acceptors (Lipinski definition) is 3. The molecule has 2 fully saturated rings. The molecule has 1 aromatic carbocycles.